The van der Waals surface area contributed by atoms with Crippen LogP contribution in [0.25, 0.3) is 0 Å². The summed E-state index contributed by atoms with van der Waals surface area (Å²) in [4.78, 5) is 4.68. The van der Waals surface area contributed by atoms with Crippen LogP contribution in [-0.4, -0.2) is 25.2 Å². The topological polar surface area (TPSA) is 12.4 Å². The summed E-state index contributed by atoms with van der Waals surface area (Å²) >= 11 is 2.19. The average Bonchev–Trinajstić information content (AvgIpc) is 2.30. The zero-order valence-corrected chi connectivity index (χ0v) is 14.8. The molecule has 1 aromatic carbocycles. The summed E-state index contributed by atoms with van der Waals surface area (Å²) < 4.78 is 0. The van der Waals surface area contributed by atoms with Gasteiger partial charge in [-0.25, -0.2) is 0 Å². The smallest absolute Gasteiger partial charge is 0.108 e. The van der Waals surface area contributed by atoms with Crippen molar-refractivity contribution < 1.29 is 0 Å². The summed E-state index contributed by atoms with van der Waals surface area (Å²) in [7, 11) is -1.05. The van der Waals surface area contributed by atoms with E-state index >= 15 is 0 Å². The molecule has 1 nitrogen and oxygen atoms in total. The van der Waals surface area contributed by atoms with E-state index in [0.717, 1.165) is 6.54 Å². The van der Waals surface area contributed by atoms with Crippen LogP contribution < -0.4 is 0 Å². The normalized spacial score (nSPS) is 13.9. The van der Waals surface area contributed by atoms with Gasteiger partial charge >= 0.3 is 0 Å². The maximum atomic E-state index is 4.68. The van der Waals surface area contributed by atoms with Gasteiger partial charge < -0.3 is 0 Å². The number of rotatable bonds is 7. The van der Waals surface area contributed by atoms with Gasteiger partial charge in [-0.05, 0) is 24.5 Å². The molecule has 0 spiro atoms. The van der Waals surface area contributed by atoms with Gasteiger partial charge in [0.05, 0.1) is 6.54 Å². The molecule has 0 bridgehead atoms. The van der Waals surface area contributed by atoms with E-state index in [1.165, 1.54) is 24.0 Å². The van der Waals surface area contributed by atoms with Gasteiger partial charge in [-0.15, -0.1) is 0 Å². The summed E-state index contributed by atoms with van der Waals surface area (Å²) in [5, 5.41) is 0.692. The van der Waals surface area contributed by atoms with Crippen LogP contribution in [0.15, 0.2) is 29.3 Å². The second-order valence-corrected chi connectivity index (χ2v) is 15.5. The minimum Gasteiger partial charge on any atom is -0.291 e. The summed E-state index contributed by atoms with van der Waals surface area (Å²) in [5.41, 5.74) is 2.55. The van der Waals surface area contributed by atoms with Gasteiger partial charge in [0, 0.05) is 11.5 Å². The quantitative estimate of drug-likeness (QED) is 0.500. The van der Waals surface area contributed by atoms with Gasteiger partial charge in [-0.1, -0.05) is 57.3 Å². The molecule has 0 aromatic heterocycles. The van der Waals surface area contributed by atoms with Crippen LogP contribution in [-0.2, 0) is 0 Å². The summed E-state index contributed by atoms with van der Waals surface area (Å²) in [6.45, 7) is 12.6. The zero-order chi connectivity index (χ0) is 14.3. The Labute approximate surface area is 123 Å². The van der Waals surface area contributed by atoms with E-state index in [9.17, 15) is 0 Å². The SMILES string of the molecule is CCCC(CN=Cc1ccccc1C)S[Si](C)(C)C. The first-order valence-electron chi connectivity index (χ1n) is 7.15. The largest absolute Gasteiger partial charge is 0.291 e. The number of hydrogen-bond acceptors (Lipinski definition) is 2. The summed E-state index contributed by atoms with van der Waals surface area (Å²) in [6.07, 6.45) is 4.57. The summed E-state index contributed by atoms with van der Waals surface area (Å²) in [6, 6.07) is 8.43. The van der Waals surface area contributed by atoms with Crippen LogP contribution in [0.2, 0.25) is 19.6 Å². The van der Waals surface area contributed by atoms with Gasteiger partial charge in [-0.3, -0.25) is 4.99 Å². The first-order chi connectivity index (χ1) is 8.92. The molecule has 1 unspecified atom stereocenters. The lowest BCUT2D eigenvalue weighted by atomic mass is 10.1. The molecule has 0 radical (unpaired) electrons. The predicted octanol–water partition coefficient (Wildman–Crippen LogP) is 5.15. The van der Waals surface area contributed by atoms with E-state index in [2.05, 4.69) is 74.0 Å². The highest BCUT2D eigenvalue weighted by Crippen LogP contribution is 2.27. The highest BCUT2D eigenvalue weighted by atomic mass is 32.4. The molecule has 106 valence electrons. The Bertz CT molecular complexity index is 409. The molecule has 0 aliphatic carbocycles. The Balaban J connectivity index is 2.58. The van der Waals surface area contributed by atoms with Crippen molar-refractivity contribution >= 4 is 24.6 Å². The van der Waals surface area contributed by atoms with Gasteiger partial charge in [0.1, 0.15) is 7.22 Å². The fourth-order valence-corrected chi connectivity index (χ4v) is 7.10. The lowest BCUT2D eigenvalue weighted by Gasteiger charge is -2.22. The fourth-order valence-electron chi connectivity index (χ4n) is 2.01. The van der Waals surface area contributed by atoms with Crippen LogP contribution in [0.1, 0.15) is 30.9 Å². The van der Waals surface area contributed by atoms with Crippen molar-refractivity contribution in [1.29, 1.82) is 0 Å². The maximum Gasteiger partial charge on any atom is 0.108 e. The highest BCUT2D eigenvalue weighted by Gasteiger charge is 2.20. The van der Waals surface area contributed by atoms with Gasteiger partial charge in [0.15, 0.2) is 0 Å². The van der Waals surface area contributed by atoms with Gasteiger partial charge in [0.25, 0.3) is 0 Å². The third-order valence-corrected chi connectivity index (χ3v) is 7.41. The number of aliphatic imine (C=N–C) groups is 1. The molecule has 0 aliphatic rings. The van der Waals surface area contributed by atoms with Crippen LogP contribution in [0.4, 0.5) is 0 Å². The van der Waals surface area contributed by atoms with Crippen LogP contribution in [0.5, 0.6) is 0 Å². The first kappa shape index (κ1) is 16.5. The number of aryl methyl sites for hydroxylation is 1. The van der Waals surface area contributed by atoms with Crippen molar-refractivity contribution in [3.63, 3.8) is 0 Å². The number of benzene rings is 1. The van der Waals surface area contributed by atoms with Crippen molar-refractivity contribution in [3.8, 4) is 0 Å². The van der Waals surface area contributed by atoms with E-state index in [4.69, 9.17) is 0 Å². The van der Waals surface area contributed by atoms with Crippen LogP contribution >= 0.6 is 11.2 Å². The first-order valence-corrected chi connectivity index (χ1v) is 12.3. The molecule has 3 heteroatoms. The van der Waals surface area contributed by atoms with Crippen molar-refractivity contribution in [1.82, 2.24) is 0 Å². The van der Waals surface area contributed by atoms with Gasteiger partial charge in [0.2, 0.25) is 0 Å². The Morgan fingerprint density at radius 2 is 1.95 bits per heavy atom. The van der Waals surface area contributed by atoms with E-state index in [1.54, 1.807) is 0 Å². The van der Waals surface area contributed by atoms with Crippen molar-refractivity contribution in [2.24, 2.45) is 4.99 Å². The third-order valence-electron chi connectivity index (χ3n) is 2.86. The third kappa shape index (κ3) is 6.97. The molecular formula is C16H27NSSi. The van der Waals surface area contributed by atoms with E-state index in [1.807, 2.05) is 6.21 Å². The molecule has 0 saturated carbocycles. The Morgan fingerprint density at radius 1 is 1.26 bits per heavy atom. The molecule has 0 amide bonds. The standard InChI is InChI=1S/C16H27NSSi/c1-6-9-16(18-19(3,4)5)13-17-12-15-11-8-7-10-14(15)2/h7-8,10-12,16H,6,9,13H2,1-5H3. The van der Waals surface area contributed by atoms with Crippen LogP contribution in [0.3, 0.4) is 0 Å². The minimum atomic E-state index is -1.05. The summed E-state index contributed by atoms with van der Waals surface area (Å²) in [5.74, 6) is 0. The van der Waals surface area contributed by atoms with E-state index in [-0.39, 0.29) is 0 Å². The molecule has 0 N–H and O–H groups in total. The lowest BCUT2D eigenvalue weighted by Crippen LogP contribution is -2.22. The van der Waals surface area contributed by atoms with Crippen molar-refractivity contribution in [2.75, 3.05) is 6.54 Å². The fraction of sp³-hybridized carbons (Fsp3) is 0.562. The Kier molecular flexibility index (Phi) is 6.87. The maximum absolute atomic E-state index is 4.68. The van der Waals surface area contributed by atoms with Gasteiger partial charge in [-0.2, -0.15) is 11.2 Å². The molecular weight excluding hydrogens is 266 g/mol. The molecule has 0 aliphatic heterocycles. The average molecular weight is 294 g/mol. The lowest BCUT2D eigenvalue weighted by molar-refractivity contribution is 0.748. The minimum absolute atomic E-state index is 0.692. The monoisotopic (exact) mass is 293 g/mol. The molecule has 1 rings (SSSR count). The van der Waals surface area contributed by atoms with Crippen molar-refractivity contribution in [2.45, 2.75) is 51.6 Å². The number of hydrogen-bond donors (Lipinski definition) is 0. The highest BCUT2D eigenvalue weighted by molar-refractivity contribution is 8.29. The van der Waals surface area contributed by atoms with E-state index < -0.39 is 7.22 Å². The number of nitrogens with zero attached hydrogens (tertiary/aromatic N) is 1. The second kappa shape index (κ2) is 7.90. The molecule has 19 heavy (non-hydrogen) atoms. The molecule has 1 aromatic rings. The molecule has 1 atom stereocenters. The zero-order valence-electron chi connectivity index (χ0n) is 12.9. The van der Waals surface area contributed by atoms with Crippen molar-refractivity contribution in [3.05, 3.63) is 35.4 Å². The molecule has 0 saturated heterocycles. The van der Waals surface area contributed by atoms with Crippen LogP contribution in [0, 0.1) is 6.92 Å². The predicted molar refractivity (Wildman–Crippen MR) is 93.3 cm³/mol. The molecule has 0 heterocycles. The Hall–Kier alpha value is -0.543. The molecule has 0 fully saturated rings. The van der Waals surface area contributed by atoms with E-state index in [0.29, 0.717) is 5.25 Å². The Morgan fingerprint density at radius 3 is 2.53 bits per heavy atom. The second-order valence-electron chi connectivity index (χ2n) is 5.99.